The standard InChI is InChI=1S/C13H16ClN5O4S2/c1-4-11(25(3,22)23)24(21)8-5-6-9(10(14)7-8)12(20)15-13-16-17-18-19(13)2/h5-7,11H,4H2,1-3H3,(H,15,16,18,20). The highest BCUT2D eigenvalue weighted by molar-refractivity contribution is 8.08. The fourth-order valence-corrected chi connectivity index (χ4v) is 5.66. The Morgan fingerprint density at radius 3 is 2.64 bits per heavy atom. The predicted molar refractivity (Wildman–Crippen MR) is 93.5 cm³/mol. The number of rotatable bonds is 6. The van der Waals surface area contributed by atoms with Gasteiger partial charge in [0, 0.05) is 37.0 Å². The minimum Gasteiger partial charge on any atom is -0.610 e. The smallest absolute Gasteiger partial charge is 0.259 e. The summed E-state index contributed by atoms with van der Waals surface area (Å²) in [6.45, 7) is 1.64. The predicted octanol–water partition coefficient (Wildman–Crippen LogP) is 1.00. The number of halogens is 1. The van der Waals surface area contributed by atoms with Crippen LogP contribution >= 0.6 is 11.6 Å². The van der Waals surface area contributed by atoms with Crippen LogP contribution in [0.3, 0.4) is 0 Å². The van der Waals surface area contributed by atoms with Crippen molar-refractivity contribution in [2.45, 2.75) is 22.8 Å². The molecule has 0 aliphatic heterocycles. The average molecular weight is 406 g/mol. The van der Waals surface area contributed by atoms with Crippen molar-refractivity contribution >= 4 is 44.5 Å². The first-order valence-corrected chi connectivity index (χ1v) is 10.6. The van der Waals surface area contributed by atoms with E-state index in [1.54, 1.807) is 14.0 Å². The zero-order chi connectivity index (χ0) is 18.8. The fraction of sp³-hybridized carbons (Fsp3) is 0.385. The average Bonchev–Trinajstić information content (AvgIpc) is 2.91. The number of aryl methyl sites for hydroxylation is 1. The molecule has 1 aromatic heterocycles. The molecular formula is C13H16ClN5O4S2. The van der Waals surface area contributed by atoms with Gasteiger partial charge in [-0.15, -0.1) is 0 Å². The molecule has 2 atom stereocenters. The maximum atomic E-state index is 12.5. The van der Waals surface area contributed by atoms with Crippen molar-refractivity contribution in [2.24, 2.45) is 7.05 Å². The summed E-state index contributed by atoms with van der Waals surface area (Å²) >= 11 is 4.31. The Morgan fingerprint density at radius 2 is 2.16 bits per heavy atom. The van der Waals surface area contributed by atoms with Gasteiger partial charge in [-0.25, -0.2) is 13.1 Å². The maximum absolute atomic E-state index is 12.5. The second-order valence-corrected chi connectivity index (χ2v) is 9.76. The molecule has 0 saturated heterocycles. The number of nitrogens with one attached hydrogen (secondary N) is 1. The minimum atomic E-state index is -3.49. The summed E-state index contributed by atoms with van der Waals surface area (Å²) in [6, 6.07) is 4.12. The summed E-state index contributed by atoms with van der Waals surface area (Å²) < 4.78 is 36.2. The van der Waals surface area contributed by atoms with Crippen molar-refractivity contribution in [1.82, 2.24) is 20.2 Å². The Morgan fingerprint density at radius 1 is 1.48 bits per heavy atom. The largest absolute Gasteiger partial charge is 0.610 e. The second kappa shape index (κ2) is 7.68. The van der Waals surface area contributed by atoms with E-state index in [1.807, 2.05) is 0 Å². The van der Waals surface area contributed by atoms with E-state index in [0.717, 1.165) is 6.26 Å². The molecule has 1 N–H and O–H groups in total. The number of nitrogens with zero attached hydrogens (tertiary/aromatic N) is 4. The van der Waals surface area contributed by atoms with Crippen molar-refractivity contribution in [2.75, 3.05) is 11.6 Å². The van der Waals surface area contributed by atoms with E-state index in [-0.39, 0.29) is 27.9 Å². The van der Waals surface area contributed by atoms with E-state index in [4.69, 9.17) is 11.6 Å². The molecule has 2 unspecified atom stereocenters. The summed E-state index contributed by atoms with van der Waals surface area (Å²) in [5.74, 6) is -0.410. The number of sulfone groups is 1. The number of benzene rings is 1. The summed E-state index contributed by atoms with van der Waals surface area (Å²) in [5, 5.41) is 13.1. The molecule has 0 aliphatic rings. The Hall–Kier alpha value is -1.69. The Balaban J connectivity index is 2.25. The molecule has 25 heavy (non-hydrogen) atoms. The van der Waals surface area contributed by atoms with Gasteiger partial charge < -0.3 is 4.55 Å². The zero-order valence-corrected chi connectivity index (χ0v) is 16.0. The third-order valence-electron chi connectivity index (χ3n) is 3.31. The Labute approximate surface area is 152 Å². The van der Waals surface area contributed by atoms with Crippen LogP contribution in [0, 0.1) is 0 Å². The molecule has 0 fully saturated rings. The van der Waals surface area contributed by atoms with Gasteiger partial charge in [-0.05, 0) is 22.6 Å². The topological polar surface area (TPSA) is 130 Å². The highest BCUT2D eigenvalue weighted by Crippen LogP contribution is 2.27. The lowest BCUT2D eigenvalue weighted by molar-refractivity contribution is 0.102. The van der Waals surface area contributed by atoms with Gasteiger partial charge in [-0.1, -0.05) is 23.6 Å². The normalized spacial score (nSPS) is 14.1. The van der Waals surface area contributed by atoms with Crippen molar-refractivity contribution in [3.8, 4) is 0 Å². The number of carbonyl (C=O) groups excluding carboxylic acids is 1. The van der Waals surface area contributed by atoms with Crippen LogP contribution in [0.4, 0.5) is 5.95 Å². The summed E-state index contributed by atoms with van der Waals surface area (Å²) in [4.78, 5) is 12.5. The summed E-state index contributed by atoms with van der Waals surface area (Å²) in [6.07, 6.45) is 1.24. The van der Waals surface area contributed by atoms with E-state index in [0.29, 0.717) is 0 Å². The molecule has 12 heteroatoms. The van der Waals surface area contributed by atoms with E-state index >= 15 is 0 Å². The molecular weight excluding hydrogens is 390 g/mol. The number of carbonyl (C=O) groups is 1. The van der Waals surface area contributed by atoms with E-state index in [2.05, 4.69) is 20.8 Å². The van der Waals surface area contributed by atoms with Gasteiger partial charge >= 0.3 is 0 Å². The van der Waals surface area contributed by atoms with Crippen LogP contribution in [-0.2, 0) is 28.1 Å². The van der Waals surface area contributed by atoms with Crippen molar-refractivity contribution < 1.29 is 17.8 Å². The van der Waals surface area contributed by atoms with Crippen LogP contribution in [0.25, 0.3) is 0 Å². The van der Waals surface area contributed by atoms with Gasteiger partial charge in [0.1, 0.15) is 0 Å². The molecule has 0 radical (unpaired) electrons. The molecule has 2 aromatic rings. The first-order chi connectivity index (χ1) is 11.6. The number of aromatic nitrogens is 4. The first kappa shape index (κ1) is 19.6. The number of amides is 1. The Kier molecular flexibility index (Phi) is 6.03. The molecule has 1 aromatic carbocycles. The van der Waals surface area contributed by atoms with Crippen molar-refractivity contribution in [3.63, 3.8) is 0 Å². The molecule has 136 valence electrons. The third-order valence-corrected chi connectivity index (χ3v) is 8.02. The van der Waals surface area contributed by atoms with Gasteiger partial charge in [0.15, 0.2) is 14.7 Å². The lowest BCUT2D eigenvalue weighted by atomic mass is 10.2. The lowest BCUT2D eigenvalue weighted by Crippen LogP contribution is -2.29. The lowest BCUT2D eigenvalue weighted by Gasteiger charge is -2.19. The first-order valence-electron chi connectivity index (χ1n) is 7.07. The molecule has 1 heterocycles. The monoisotopic (exact) mass is 405 g/mol. The highest BCUT2D eigenvalue weighted by Gasteiger charge is 2.33. The van der Waals surface area contributed by atoms with Crippen LogP contribution in [-0.4, -0.2) is 49.9 Å². The van der Waals surface area contributed by atoms with E-state index in [9.17, 15) is 17.8 Å². The van der Waals surface area contributed by atoms with Gasteiger partial charge in [-0.2, -0.15) is 0 Å². The summed E-state index contributed by atoms with van der Waals surface area (Å²) in [5.41, 5.74) is 0.123. The van der Waals surface area contributed by atoms with Gasteiger partial charge in [0.05, 0.1) is 10.6 Å². The van der Waals surface area contributed by atoms with Crippen molar-refractivity contribution in [3.05, 3.63) is 28.8 Å². The van der Waals surface area contributed by atoms with Crippen LogP contribution < -0.4 is 5.32 Å². The number of tetrazole rings is 1. The molecule has 0 spiro atoms. The van der Waals surface area contributed by atoms with Crippen LogP contribution in [0.1, 0.15) is 23.7 Å². The van der Waals surface area contributed by atoms with Crippen LogP contribution in [0.2, 0.25) is 5.02 Å². The number of anilines is 1. The number of hydrogen-bond acceptors (Lipinski definition) is 7. The van der Waals surface area contributed by atoms with Crippen LogP contribution in [0.15, 0.2) is 23.1 Å². The molecule has 1 amide bonds. The molecule has 2 rings (SSSR count). The number of hydrogen-bond donors (Lipinski definition) is 1. The molecule has 0 aliphatic carbocycles. The second-order valence-electron chi connectivity index (χ2n) is 5.19. The summed E-state index contributed by atoms with van der Waals surface area (Å²) in [7, 11) is -1.93. The van der Waals surface area contributed by atoms with Gasteiger partial charge in [-0.3, -0.25) is 10.1 Å². The maximum Gasteiger partial charge on any atom is 0.259 e. The van der Waals surface area contributed by atoms with Gasteiger partial charge in [0.2, 0.25) is 10.5 Å². The van der Waals surface area contributed by atoms with E-state index < -0.39 is 31.5 Å². The zero-order valence-electron chi connectivity index (χ0n) is 13.6. The van der Waals surface area contributed by atoms with Crippen LogP contribution in [0.5, 0.6) is 0 Å². The fourth-order valence-electron chi connectivity index (χ4n) is 2.07. The minimum absolute atomic E-state index is 0.0434. The molecule has 0 bridgehead atoms. The highest BCUT2D eigenvalue weighted by atomic mass is 35.5. The Bertz CT molecular complexity index is 886. The van der Waals surface area contributed by atoms with Gasteiger partial charge in [0.25, 0.3) is 5.91 Å². The quantitative estimate of drug-likeness (QED) is 0.709. The third kappa shape index (κ3) is 4.48. The molecule has 0 saturated carbocycles. The van der Waals surface area contributed by atoms with E-state index in [1.165, 1.54) is 22.9 Å². The SMILES string of the molecule is CCC([S+]([O-])c1ccc(C(=O)Nc2nnnn2C)c(Cl)c1)S(C)(=O)=O. The molecule has 9 nitrogen and oxygen atoms in total. The van der Waals surface area contributed by atoms with Crippen molar-refractivity contribution in [1.29, 1.82) is 0 Å².